The Kier molecular flexibility index (Phi) is 10.7. The van der Waals surface area contributed by atoms with Crippen LogP contribution in [0.3, 0.4) is 0 Å². The highest BCUT2D eigenvalue weighted by atomic mass is 35.5. The molecule has 1 saturated heterocycles. The first-order valence-electron chi connectivity index (χ1n) is 14.6. The quantitative estimate of drug-likeness (QED) is 0.325. The highest BCUT2D eigenvalue weighted by Gasteiger charge is 2.26. The monoisotopic (exact) mass is 642 g/mol. The summed E-state index contributed by atoms with van der Waals surface area (Å²) in [5, 5.41) is 21.0. The third-order valence-electron chi connectivity index (χ3n) is 7.33. The van der Waals surface area contributed by atoms with E-state index in [-0.39, 0.29) is 34.4 Å². The zero-order valence-corrected chi connectivity index (χ0v) is 26.7. The SMILES string of the molecule is CC(C)(C)OC(=O)N(CCc1ccc(S(=O)(=O)c2cccc(C(=O)N3CCC(O)CC3)c2)cc1)C[C@@H](O)c1cccc(Cl)c1. The fraction of sp³-hybridized carbons (Fsp3) is 0.394. The van der Waals surface area contributed by atoms with E-state index in [9.17, 15) is 28.2 Å². The molecule has 0 radical (unpaired) electrons. The van der Waals surface area contributed by atoms with Crippen LogP contribution in [0, 0.1) is 0 Å². The molecule has 44 heavy (non-hydrogen) atoms. The highest BCUT2D eigenvalue weighted by molar-refractivity contribution is 7.91. The molecule has 0 aliphatic carbocycles. The van der Waals surface area contributed by atoms with Gasteiger partial charge >= 0.3 is 6.09 Å². The zero-order valence-electron chi connectivity index (χ0n) is 25.1. The van der Waals surface area contributed by atoms with Gasteiger partial charge in [0.1, 0.15) is 5.60 Å². The van der Waals surface area contributed by atoms with Gasteiger partial charge in [-0.1, -0.05) is 41.9 Å². The number of aliphatic hydroxyl groups is 2. The summed E-state index contributed by atoms with van der Waals surface area (Å²) in [5.41, 5.74) is 0.901. The number of piperidine rings is 1. The molecule has 11 heteroatoms. The van der Waals surface area contributed by atoms with Crippen LogP contribution in [0.1, 0.15) is 61.2 Å². The Balaban J connectivity index is 1.46. The van der Waals surface area contributed by atoms with E-state index >= 15 is 0 Å². The number of nitrogens with zero attached hydrogens (tertiary/aromatic N) is 2. The molecule has 0 spiro atoms. The normalized spacial score (nSPS) is 15.1. The third-order valence-corrected chi connectivity index (χ3v) is 9.33. The van der Waals surface area contributed by atoms with Gasteiger partial charge in [-0.2, -0.15) is 0 Å². The van der Waals surface area contributed by atoms with Gasteiger partial charge in [-0.25, -0.2) is 13.2 Å². The molecule has 1 aliphatic heterocycles. The predicted octanol–water partition coefficient (Wildman–Crippen LogP) is 5.28. The number of hydrogen-bond acceptors (Lipinski definition) is 7. The molecule has 0 bridgehead atoms. The van der Waals surface area contributed by atoms with Crippen LogP contribution in [0.4, 0.5) is 4.79 Å². The predicted molar refractivity (Wildman–Crippen MR) is 167 cm³/mol. The number of carbonyl (C=O) groups excluding carboxylic acids is 2. The maximum absolute atomic E-state index is 13.4. The van der Waals surface area contributed by atoms with Crippen LogP contribution < -0.4 is 0 Å². The first-order chi connectivity index (χ1) is 20.7. The molecule has 3 aromatic rings. The summed E-state index contributed by atoms with van der Waals surface area (Å²) in [5.74, 6) is -0.265. The van der Waals surface area contributed by atoms with Crippen molar-refractivity contribution in [1.29, 1.82) is 0 Å². The van der Waals surface area contributed by atoms with E-state index in [1.165, 1.54) is 29.2 Å². The van der Waals surface area contributed by atoms with Gasteiger partial charge in [0.2, 0.25) is 9.84 Å². The van der Waals surface area contributed by atoms with E-state index in [4.69, 9.17) is 16.3 Å². The van der Waals surface area contributed by atoms with Gasteiger partial charge in [0.15, 0.2) is 0 Å². The lowest BCUT2D eigenvalue weighted by molar-refractivity contribution is 0.0147. The van der Waals surface area contributed by atoms with E-state index in [2.05, 4.69) is 0 Å². The Morgan fingerprint density at radius 1 is 1.00 bits per heavy atom. The van der Waals surface area contributed by atoms with Gasteiger partial charge < -0.3 is 24.7 Å². The summed E-state index contributed by atoms with van der Waals surface area (Å²) >= 11 is 6.07. The van der Waals surface area contributed by atoms with E-state index < -0.39 is 33.7 Å². The molecule has 0 aromatic heterocycles. The second-order valence-electron chi connectivity index (χ2n) is 11.9. The fourth-order valence-corrected chi connectivity index (χ4v) is 6.40. The van der Waals surface area contributed by atoms with E-state index in [1.807, 2.05) is 0 Å². The minimum absolute atomic E-state index is 0.0132. The Labute approximate surface area is 263 Å². The minimum Gasteiger partial charge on any atom is -0.444 e. The molecule has 9 nitrogen and oxygen atoms in total. The summed E-state index contributed by atoms with van der Waals surface area (Å²) < 4.78 is 32.4. The van der Waals surface area contributed by atoms with Crippen LogP contribution in [0.5, 0.6) is 0 Å². The van der Waals surface area contributed by atoms with Crippen molar-refractivity contribution in [3.05, 3.63) is 94.5 Å². The summed E-state index contributed by atoms with van der Waals surface area (Å²) in [4.78, 5) is 29.1. The smallest absolute Gasteiger partial charge is 0.410 e. The molecule has 0 unspecified atom stereocenters. The van der Waals surface area contributed by atoms with Gasteiger partial charge in [0.25, 0.3) is 5.91 Å². The van der Waals surface area contributed by atoms with Gasteiger partial charge in [-0.05, 0) is 93.6 Å². The number of hydrogen-bond donors (Lipinski definition) is 2. The van der Waals surface area contributed by atoms with Crippen LogP contribution in [0.2, 0.25) is 5.02 Å². The molecular weight excluding hydrogens is 604 g/mol. The molecule has 236 valence electrons. The number of likely N-dealkylation sites (tertiary alicyclic amines) is 1. The van der Waals surface area contributed by atoms with Crippen LogP contribution in [0.15, 0.2) is 82.6 Å². The average molecular weight is 643 g/mol. The van der Waals surface area contributed by atoms with Crippen LogP contribution in [-0.4, -0.2) is 78.3 Å². The molecule has 1 fully saturated rings. The molecule has 2 N–H and O–H groups in total. The molecule has 1 atom stereocenters. The average Bonchev–Trinajstić information content (AvgIpc) is 2.98. The van der Waals surface area contributed by atoms with Crippen molar-refractivity contribution in [3.8, 4) is 0 Å². The topological polar surface area (TPSA) is 124 Å². The van der Waals surface area contributed by atoms with Crippen molar-refractivity contribution in [2.45, 2.75) is 67.6 Å². The zero-order chi connectivity index (χ0) is 32.1. The van der Waals surface area contributed by atoms with E-state index in [0.29, 0.717) is 42.9 Å². The van der Waals surface area contributed by atoms with Gasteiger partial charge in [0, 0.05) is 30.2 Å². The number of aliphatic hydroxyl groups excluding tert-OH is 2. The first-order valence-corrected chi connectivity index (χ1v) is 16.4. The molecular formula is C33H39ClN2O7S. The summed E-state index contributed by atoms with van der Waals surface area (Å²) in [7, 11) is -3.91. The second-order valence-corrected chi connectivity index (χ2v) is 14.3. The Hall–Kier alpha value is -3.44. The van der Waals surface area contributed by atoms with E-state index in [1.54, 1.807) is 74.2 Å². The maximum Gasteiger partial charge on any atom is 0.410 e. The Bertz CT molecular complexity index is 1560. The van der Waals surface area contributed by atoms with Crippen molar-refractivity contribution >= 4 is 33.4 Å². The lowest BCUT2D eigenvalue weighted by atomic mass is 10.1. The molecule has 1 aliphatic rings. The Morgan fingerprint density at radius 3 is 2.30 bits per heavy atom. The van der Waals surface area contributed by atoms with Crippen LogP contribution >= 0.6 is 11.6 Å². The van der Waals surface area contributed by atoms with Gasteiger partial charge in [-0.3, -0.25) is 4.79 Å². The number of rotatable bonds is 9. The van der Waals surface area contributed by atoms with Crippen molar-refractivity contribution < 1.29 is 33.0 Å². The summed E-state index contributed by atoms with van der Waals surface area (Å²) in [6.07, 6.45) is -0.612. The second kappa shape index (κ2) is 14.1. The molecule has 1 heterocycles. The fourth-order valence-electron chi connectivity index (χ4n) is 4.89. The third kappa shape index (κ3) is 8.81. The van der Waals surface area contributed by atoms with E-state index in [0.717, 1.165) is 5.56 Å². The number of ether oxygens (including phenoxy) is 1. The van der Waals surface area contributed by atoms with Crippen molar-refractivity contribution in [2.24, 2.45) is 0 Å². The lowest BCUT2D eigenvalue weighted by Gasteiger charge is -2.29. The number of carbonyl (C=O) groups is 2. The lowest BCUT2D eigenvalue weighted by Crippen LogP contribution is -2.40. The Morgan fingerprint density at radius 2 is 1.66 bits per heavy atom. The maximum atomic E-state index is 13.4. The molecule has 4 rings (SSSR count). The largest absolute Gasteiger partial charge is 0.444 e. The highest BCUT2D eigenvalue weighted by Crippen LogP contribution is 2.25. The number of sulfone groups is 1. The summed E-state index contributed by atoms with van der Waals surface area (Å²) in [6, 6.07) is 19.2. The van der Waals surface area contributed by atoms with Crippen LogP contribution in [0.25, 0.3) is 0 Å². The van der Waals surface area contributed by atoms with Crippen molar-refractivity contribution in [2.75, 3.05) is 26.2 Å². The standard InChI is InChI=1S/C33H39ClN2O7S/c1-33(2,3)43-32(40)36(22-30(38)24-6-4-8-26(34)20-24)17-14-23-10-12-28(13-11-23)44(41,42)29-9-5-7-25(21-29)31(39)35-18-15-27(37)16-19-35/h4-13,20-21,27,30,37-38H,14-19,22H2,1-3H3/t30-/m1/s1. The van der Waals surface area contributed by atoms with Gasteiger partial charge in [0.05, 0.1) is 28.5 Å². The van der Waals surface area contributed by atoms with Crippen LogP contribution in [-0.2, 0) is 21.0 Å². The number of halogens is 1. The van der Waals surface area contributed by atoms with Crippen molar-refractivity contribution in [1.82, 2.24) is 9.80 Å². The summed E-state index contributed by atoms with van der Waals surface area (Å²) in [6.45, 7) is 6.33. The number of benzene rings is 3. The van der Waals surface area contributed by atoms with Crippen molar-refractivity contribution in [3.63, 3.8) is 0 Å². The number of amides is 2. The minimum atomic E-state index is -3.91. The van der Waals surface area contributed by atoms with Gasteiger partial charge in [-0.15, -0.1) is 0 Å². The molecule has 2 amide bonds. The molecule has 3 aromatic carbocycles. The first kappa shape index (κ1) is 33.5. The molecule has 0 saturated carbocycles.